The molecule has 15 heavy (non-hydrogen) atoms. The van der Waals surface area contributed by atoms with Crippen molar-refractivity contribution < 1.29 is 17.9 Å². The molecule has 1 unspecified atom stereocenters. The average molecular weight is 219 g/mol. The fourth-order valence-corrected chi connectivity index (χ4v) is 1.12. The van der Waals surface area contributed by atoms with Gasteiger partial charge in [0.15, 0.2) is 6.17 Å². The van der Waals surface area contributed by atoms with Gasteiger partial charge in [0.2, 0.25) is 0 Å². The van der Waals surface area contributed by atoms with E-state index in [0.717, 1.165) is 0 Å². The van der Waals surface area contributed by atoms with Crippen molar-refractivity contribution >= 4 is 0 Å². The van der Waals surface area contributed by atoms with Gasteiger partial charge in [-0.25, -0.2) is 13.2 Å². The van der Waals surface area contributed by atoms with Gasteiger partial charge in [0.25, 0.3) is 5.92 Å². The lowest BCUT2D eigenvalue weighted by Crippen LogP contribution is -2.32. The number of rotatable bonds is 4. The Balaban J connectivity index is 2.87. The molecular weight excluding hydrogens is 207 g/mol. The third-order valence-electron chi connectivity index (χ3n) is 2.05. The summed E-state index contributed by atoms with van der Waals surface area (Å²) < 4.78 is 43.9. The Kier molecular flexibility index (Phi) is 3.57. The zero-order valence-corrected chi connectivity index (χ0v) is 8.21. The zero-order chi connectivity index (χ0) is 11.5. The van der Waals surface area contributed by atoms with Crippen molar-refractivity contribution in [2.75, 3.05) is 13.7 Å². The van der Waals surface area contributed by atoms with Gasteiger partial charge in [0.1, 0.15) is 5.75 Å². The Hall–Kier alpha value is -1.23. The van der Waals surface area contributed by atoms with Crippen molar-refractivity contribution in [3.63, 3.8) is 0 Å². The molecule has 0 fully saturated rings. The summed E-state index contributed by atoms with van der Waals surface area (Å²) in [6.45, 7) is -1.01. The molecule has 0 radical (unpaired) electrons. The molecular formula is C10H12F3NO. The van der Waals surface area contributed by atoms with Crippen LogP contribution in [-0.4, -0.2) is 19.6 Å². The molecule has 1 rings (SSSR count). The van der Waals surface area contributed by atoms with Crippen molar-refractivity contribution in [3.8, 4) is 5.75 Å². The van der Waals surface area contributed by atoms with Crippen LogP contribution in [0.15, 0.2) is 24.3 Å². The minimum absolute atomic E-state index is 0.105. The van der Waals surface area contributed by atoms with Gasteiger partial charge < -0.3 is 10.5 Å². The summed E-state index contributed by atoms with van der Waals surface area (Å²) in [7, 11) is 1.44. The molecule has 2 N–H and O–H groups in total. The lowest BCUT2D eigenvalue weighted by molar-refractivity contribution is -0.0651. The third-order valence-corrected chi connectivity index (χ3v) is 2.05. The van der Waals surface area contributed by atoms with Crippen molar-refractivity contribution in [3.05, 3.63) is 29.8 Å². The standard InChI is InChI=1S/C10H12F3NO/c1-15-8-4-2-7(3-5-8)9(11)10(12,13)6-14/h2-5,9H,6,14H2,1H3. The molecule has 1 aromatic carbocycles. The predicted molar refractivity (Wildman–Crippen MR) is 50.8 cm³/mol. The molecule has 5 heteroatoms. The van der Waals surface area contributed by atoms with E-state index >= 15 is 0 Å². The van der Waals surface area contributed by atoms with Crippen LogP contribution in [0.25, 0.3) is 0 Å². The van der Waals surface area contributed by atoms with Crippen LogP contribution in [0.4, 0.5) is 13.2 Å². The van der Waals surface area contributed by atoms with Gasteiger partial charge in [-0.05, 0) is 17.7 Å². The number of alkyl halides is 3. The molecule has 0 saturated carbocycles. The summed E-state index contributed by atoms with van der Waals surface area (Å²) >= 11 is 0. The Labute approximate surface area is 85.8 Å². The Morgan fingerprint density at radius 2 is 1.87 bits per heavy atom. The van der Waals surface area contributed by atoms with Gasteiger partial charge in [-0.1, -0.05) is 12.1 Å². The van der Waals surface area contributed by atoms with Crippen LogP contribution >= 0.6 is 0 Å². The third kappa shape index (κ3) is 2.62. The molecule has 0 bridgehead atoms. The first-order valence-corrected chi connectivity index (χ1v) is 4.37. The van der Waals surface area contributed by atoms with Crippen LogP contribution in [0, 0.1) is 0 Å². The van der Waals surface area contributed by atoms with Gasteiger partial charge in [0, 0.05) is 0 Å². The van der Waals surface area contributed by atoms with Gasteiger partial charge in [0.05, 0.1) is 13.7 Å². The quantitative estimate of drug-likeness (QED) is 0.843. The molecule has 0 aliphatic carbocycles. The highest BCUT2D eigenvalue weighted by molar-refractivity contribution is 5.29. The Morgan fingerprint density at radius 3 is 2.27 bits per heavy atom. The molecule has 2 nitrogen and oxygen atoms in total. The van der Waals surface area contributed by atoms with Crippen LogP contribution in [0.3, 0.4) is 0 Å². The van der Waals surface area contributed by atoms with E-state index in [1.54, 1.807) is 0 Å². The molecule has 0 spiro atoms. The summed E-state index contributed by atoms with van der Waals surface area (Å²) in [4.78, 5) is 0. The average Bonchev–Trinajstić information content (AvgIpc) is 2.28. The number of hydrogen-bond donors (Lipinski definition) is 1. The van der Waals surface area contributed by atoms with Crippen LogP contribution in [0.1, 0.15) is 11.7 Å². The first-order valence-electron chi connectivity index (χ1n) is 4.37. The molecule has 0 aliphatic rings. The topological polar surface area (TPSA) is 35.2 Å². The number of ether oxygens (including phenoxy) is 1. The molecule has 84 valence electrons. The lowest BCUT2D eigenvalue weighted by Gasteiger charge is -2.19. The van der Waals surface area contributed by atoms with Gasteiger partial charge in [-0.2, -0.15) is 0 Å². The Bertz CT molecular complexity index is 313. The van der Waals surface area contributed by atoms with E-state index in [9.17, 15) is 13.2 Å². The van der Waals surface area contributed by atoms with E-state index < -0.39 is 18.6 Å². The minimum Gasteiger partial charge on any atom is -0.497 e. The normalized spacial score (nSPS) is 13.7. The first kappa shape index (κ1) is 11.8. The number of halogens is 3. The van der Waals surface area contributed by atoms with Crippen molar-refractivity contribution in [2.45, 2.75) is 12.1 Å². The minimum atomic E-state index is -3.53. The fraction of sp³-hybridized carbons (Fsp3) is 0.400. The van der Waals surface area contributed by atoms with E-state index in [4.69, 9.17) is 10.5 Å². The SMILES string of the molecule is COc1ccc(C(F)C(F)(F)CN)cc1. The van der Waals surface area contributed by atoms with E-state index in [1.165, 1.54) is 31.4 Å². The maximum absolute atomic E-state index is 13.3. The van der Waals surface area contributed by atoms with Crippen LogP contribution in [0.2, 0.25) is 0 Å². The van der Waals surface area contributed by atoms with Crippen molar-refractivity contribution in [1.29, 1.82) is 0 Å². The summed E-state index contributed by atoms with van der Waals surface area (Å²) in [6, 6.07) is 5.36. The van der Waals surface area contributed by atoms with Crippen LogP contribution < -0.4 is 10.5 Å². The van der Waals surface area contributed by atoms with Crippen molar-refractivity contribution in [1.82, 2.24) is 0 Å². The molecule has 0 saturated heterocycles. The smallest absolute Gasteiger partial charge is 0.294 e. The summed E-state index contributed by atoms with van der Waals surface area (Å²) in [5, 5.41) is 0. The highest BCUT2D eigenvalue weighted by atomic mass is 19.3. The van der Waals surface area contributed by atoms with E-state index in [1.807, 2.05) is 0 Å². The molecule has 0 aliphatic heterocycles. The maximum atomic E-state index is 13.3. The second-order valence-corrected chi connectivity index (χ2v) is 3.10. The molecule has 0 aromatic heterocycles. The van der Waals surface area contributed by atoms with E-state index in [-0.39, 0.29) is 5.56 Å². The molecule has 0 amide bonds. The highest BCUT2D eigenvalue weighted by Gasteiger charge is 2.39. The Morgan fingerprint density at radius 1 is 1.33 bits per heavy atom. The first-order chi connectivity index (χ1) is 7.01. The van der Waals surface area contributed by atoms with E-state index in [2.05, 4.69) is 0 Å². The van der Waals surface area contributed by atoms with Crippen molar-refractivity contribution in [2.24, 2.45) is 5.73 Å². The molecule has 1 atom stereocenters. The predicted octanol–water partition coefficient (Wildman–Crippen LogP) is 2.30. The van der Waals surface area contributed by atoms with Crippen LogP contribution in [0.5, 0.6) is 5.75 Å². The number of methoxy groups -OCH3 is 1. The second-order valence-electron chi connectivity index (χ2n) is 3.10. The summed E-state index contributed by atoms with van der Waals surface area (Å²) in [5.74, 6) is -3.05. The van der Waals surface area contributed by atoms with Gasteiger partial charge in [-0.15, -0.1) is 0 Å². The highest BCUT2D eigenvalue weighted by Crippen LogP contribution is 2.34. The summed E-state index contributed by atoms with van der Waals surface area (Å²) in [6.07, 6.45) is -2.38. The lowest BCUT2D eigenvalue weighted by atomic mass is 10.1. The van der Waals surface area contributed by atoms with Gasteiger partial charge in [-0.3, -0.25) is 0 Å². The fourth-order valence-electron chi connectivity index (χ4n) is 1.12. The second kappa shape index (κ2) is 4.53. The van der Waals surface area contributed by atoms with Gasteiger partial charge >= 0.3 is 0 Å². The number of hydrogen-bond acceptors (Lipinski definition) is 2. The molecule has 0 heterocycles. The zero-order valence-electron chi connectivity index (χ0n) is 8.21. The number of benzene rings is 1. The summed E-state index contributed by atoms with van der Waals surface area (Å²) in [5.41, 5.74) is 4.68. The van der Waals surface area contributed by atoms with Crippen LogP contribution in [-0.2, 0) is 0 Å². The number of nitrogens with two attached hydrogens (primary N) is 1. The monoisotopic (exact) mass is 219 g/mol. The molecule has 1 aromatic rings. The maximum Gasteiger partial charge on any atom is 0.294 e. The van der Waals surface area contributed by atoms with E-state index in [0.29, 0.717) is 5.75 Å². The largest absolute Gasteiger partial charge is 0.497 e.